The molecule has 0 saturated heterocycles. The molecule has 3 N–H and O–H groups in total. The fraction of sp³-hybridized carbons (Fsp3) is 0.0588. The number of allylic oxidation sites excluding steroid dienone is 2. The lowest BCUT2D eigenvalue weighted by molar-refractivity contribution is -0.0979. The van der Waals surface area contributed by atoms with Crippen LogP contribution >= 0.6 is 0 Å². The predicted molar refractivity (Wildman–Crippen MR) is 92.4 cm³/mol. The Bertz CT molecular complexity index is 866. The topological polar surface area (TPSA) is 97.1 Å². The van der Waals surface area contributed by atoms with Crippen LogP contribution in [0.3, 0.4) is 0 Å². The van der Waals surface area contributed by atoms with Crippen LogP contribution in [0.25, 0.3) is 22.5 Å². The molecule has 0 aromatic carbocycles. The molecule has 0 aliphatic carbocycles. The van der Waals surface area contributed by atoms with E-state index in [2.05, 4.69) is 9.97 Å². The van der Waals surface area contributed by atoms with Gasteiger partial charge >= 0.3 is 0 Å². The quantitative estimate of drug-likeness (QED) is 0.727. The summed E-state index contributed by atoms with van der Waals surface area (Å²) in [7, 11) is 0. The van der Waals surface area contributed by atoms with Crippen LogP contribution in [0.5, 0.6) is 0 Å². The lowest BCUT2D eigenvalue weighted by Crippen LogP contribution is -1.93. The van der Waals surface area contributed by atoms with Crippen molar-refractivity contribution in [1.82, 2.24) is 14.4 Å². The minimum Gasteiger partial charge on any atom is -0.397 e. The molecule has 3 aromatic heterocycles. The van der Waals surface area contributed by atoms with Crippen molar-refractivity contribution in [1.29, 1.82) is 5.41 Å². The molecule has 116 valence electrons. The lowest BCUT2D eigenvalue weighted by atomic mass is 10.1. The molecule has 0 bridgehead atoms. The summed E-state index contributed by atoms with van der Waals surface area (Å²) in [5, 5.41) is 7.43. The van der Waals surface area contributed by atoms with Gasteiger partial charge in [-0.3, -0.25) is 9.38 Å². The molecule has 0 unspecified atom stereocenters. The molecule has 3 rings (SSSR count). The number of nitrogens with one attached hydrogen (secondary N) is 1. The minimum absolute atomic E-state index is 0.624. The molecule has 0 fully saturated rings. The molecule has 0 radical (unpaired) electrons. The molecule has 6 heteroatoms. The third-order valence-electron chi connectivity index (χ3n) is 3.37. The zero-order valence-electron chi connectivity index (χ0n) is 12.7. The number of nitrogen functional groups attached to an aromatic ring is 1. The Kier molecular flexibility index (Phi) is 4.99. The molecular weight excluding hydrogens is 290 g/mol. The van der Waals surface area contributed by atoms with Crippen molar-refractivity contribution < 1.29 is 4.79 Å². The number of anilines is 1. The third kappa shape index (κ3) is 3.16. The largest absolute Gasteiger partial charge is 0.397 e. The highest BCUT2D eigenvalue weighted by Crippen LogP contribution is 2.23. The predicted octanol–water partition coefficient (Wildman–Crippen LogP) is 2.85. The maximum atomic E-state index is 8.00. The number of carbonyl (C=O) groups excluding carboxylic acids is 1. The molecule has 0 aliphatic rings. The summed E-state index contributed by atoms with van der Waals surface area (Å²) in [6, 6.07) is 5.81. The summed E-state index contributed by atoms with van der Waals surface area (Å²) in [5.41, 5.74) is 10.9. The van der Waals surface area contributed by atoms with E-state index in [0.29, 0.717) is 5.69 Å². The number of fused-ring (bicyclic) bond motifs is 1. The number of pyridine rings is 2. The van der Waals surface area contributed by atoms with Crippen LogP contribution in [0.2, 0.25) is 0 Å². The van der Waals surface area contributed by atoms with Gasteiger partial charge in [0.15, 0.2) is 0 Å². The average molecular weight is 307 g/mol. The number of aromatic nitrogens is 3. The summed E-state index contributed by atoms with van der Waals surface area (Å²) in [5.74, 6) is 0. The van der Waals surface area contributed by atoms with E-state index in [1.165, 1.54) is 6.21 Å². The van der Waals surface area contributed by atoms with E-state index in [9.17, 15) is 0 Å². The second-order valence-electron chi connectivity index (χ2n) is 4.68. The van der Waals surface area contributed by atoms with E-state index >= 15 is 0 Å². The van der Waals surface area contributed by atoms with E-state index in [1.54, 1.807) is 18.6 Å². The van der Waals surface area contributed by atoms with Gasteiger partial charge in [-0.1, -0.05) is 6.08 Å². The molecule has 0 atom stereocenters. The first kappa shape index (κ1) is 16.1. The molecule has 0 aliphatic heterocycles. The number of hydrogen-bond donors (Lipinski definition) is 2. The van der Waals surface area contributed by atoms with E-state index in [4.69, 9.17) is 15.9 Å². The van der Waals surface area contributed by atoms with Crippen LogP contribution in [0, 0.1) is 5.41 Å². The number of nitrogens with zero attached hydrogens (tertiary/aromatic N) is 3. The van der Waals surface area contributed by atoms with Crippen LogP contribution in [0.15, 0.2) is 49.1 Å². The third-order valence-corrected chi connectivity index (χ3v) is 3.37. The fourth-order valence-corrected chi connectivity index (χ4v) is 2.30. The zero-order valence-corrected chi connectivity index (χ0v) is 12.7. The summed E-state index contributed by atoms with van der Waals surface area (Å²) in [6.45, 7) is 3.92. The van der Waals surface area contributed by atoms with Crippen molar-refractivity contribution in [2.45, 2.75) is 6.92 Å². The number of nitrogens with two attached hydrogens (primary N) is 1. The van der Waals surface area contributed by atoms with Crippen molar-refractivity contribution in [2.75, 3.05) is 5.73 Å². The Balaban J connectivity index is 0.000000924. The van der Waals surface area contributed by atoms with Gasteiger partial charge in [-0.25, -0.2) is 4.98 Å². The van der Waals surface area contributed by atoms with Gasteiger partial charge in [0.25, 0.3) is 0 Å². The second-order valence-corrected chi connectivity index (χ2v) is 4.68. The number of carbonyl (C=O) groups is 1. The molecule has 0 saturated carbocycles. The van der Waals surface area contributed by atoms with Crippen LogP contribution in [0.1, 0.15) is 12.5 Å². The van der Waals surface area contributed by atoms with Gasteiger partial charge in [-0.05, 0) is 36.3 Å². The molecule has 3 heterocycles. The maximum Gasteiger partial charge on any atom is 0.137 e. The molecule has 3 aromatic rings. The van der Waals surface area contributed by atoms with Crippen molar-refractivity contribution in [3.8, 4) is 11.3 Å². The van der Waals surface area contributed by atoms with Crippen LogP contribution in [-0.2, 0) is 4.79 Å². The zero-order chi connectivity index (χ0) is 16.8. The Morgan fingerprint density at radius 3 is 2.74 bits per heavy atom. The Morgan fingerprint density at radius 1 is 1.30 bits per heavy atom. The van der Waals surface area contributed by atoms with Crippen molar-refractivity contribution in [3.63, 3.8) is 0 Å². The highest BCUT2D eigenvalue weighted by atomic mass is 16.1. The van der Waals surface area contributed by atoms with E-state index in [1.807, 2.05) is 48.6 Å². The van der Waals surface area contributed by atoms with Gasteiger partial charge in [0.05, 0.1) is 17.6 Å². The SMILES string of the molecule is C/C=C(\C=N)c1ccn2c(-c3cncc(N)c3)cnc2c1.C=O. The standard InChI is InChI=1S/C16H15N5.CH2O/c1-2-11(7-17)12-3-4-21-15(10-20-16(21)6-12)13-5-14(18)9-19-8-13;1-2/h2-10,17H,18H2,1H3;1H2/b11-2+,17-7?;. The lowest BCUT2D eigenvalue weighted by Gasteiger charge is -2.05. The van der Waals surface area contributed by atoms with Gasteiger partial charge in [0.1, 0.15) is 12.4 Å². The van der Waals surface area contributed by atoms with Crippen molar-refractivity contribution in [3.05, 3.63) is 54.6 Å². The first-order valence-corrected chi connectivity index (χ1v) is 6.87. The first-order chi connectivity index (χ1) is 11.2. The number of rotatable bonds is 3. The maximum absolute atomic E-state index is 8.00. The molecule has 23 heavy (non-hydrogen) atoms. The Hall–Kier alpha value is -3.28. The Labute approximate surface area is 133 Å². The van der Waals surface area contributed by atoms with Crippen molar-refractivity contribution in [2.24, 2.45) is 0 Å². The second kappa shape index (κ2) is 7.13. The number of hydrogen-bond acceptors (Lipinski definition) is 5. The van der Waals surface area contributed by atoms with Gasteiger partial charge < -0.3 is 15.9 Å². The fourth-order valence-electron chi connectivity index (χ4n) is 2.30. The number of imidazole rings is 1. The van der Waals surface area contributed by atoms with Crippen LogP contribution in [-0.4, -0.2) is 27.4 Å². The Morgan fingerprint density at radius 2 is 2.09 bits per heavy atom. The van der Waals surface area contributed by atoms with Crippen molar-refractivity contribution >= 4 is 29.9 Å². The summed E-state index contributed by atoms with van der Waals surface area (Å²) < 4.78 is 1.98. The normalized spacial score (nSPS) is 10.9. The molecule has 0 amide bonds. The average Bonchev–Trinajstić information content (AvgIpc) is 3.01. The van der Waals surface area contributed by atoms with E-state index in [-0.39, 0.29) is 0 Å². The van der Waals surface area contributed by atoms with E-state index in [0.717, 1.165) is 28.0 Å². The van der Waals surface area contributed by atoms with E-state index < -0.39 is 0 Å². The van der Waals surface area contributed by atoms with Crippen LogP contribution < -0.4 is 5.73 Å². The highest BCUT2D eigenvalue weighted by molar-refractivity contribution is 6.08. The molecular formula is C17H17N5O. The summed E-state index contributed by atoms with van der Waals surface area (Å²) >= 11 is 0. The van der Waals surface area contributed by atoms with Crippen LogP contribution in [0.4, 0.5) is 5.69 Å². The first-order valence-electron chi connectivity index (χ1n) is 6.87. The summed E-state index contributed by atoms with van der Waals surface area (Å²) in [6.07, 6.45) is 10.4. The van der Waals surface area contributed by atoms with Gasteiger partial charge in [0.2, 0.25) is 0 Å². The smallest absolute Gasteiger partial charge is 0.137 e. The summed E-state index contributed by atoms with van der Waals surface area (Å²) in [4.78, 5) is 16.5. The highest BCUT2D eigenvalue weighted by Gasteiger charge is 2.08. The van der Waals surface area contributed by atoms with Gasteiger partial charge in [0, 0.05) is 30.4 Å². The van der Waals surface area contributed by atoms with Gasteiger partial charge in [-0.15, -0.1) is 0 Å². The van der Waals surface area contributed by atoms with Gasteiger partial charge in [-0.2, -0.15) is 0 Å². The molecule has 0 spiro atoms. The monoisotopic (exact) mass is 307 g/mol. The molecule has 6 nitrogen and oxygen atoms in total. The minimum atomic E-state index is 0.624.